The molecule has 0 unspecified atom stereocenters. The molecule has 1 heterocycles. The number of nitrogens with zero attached hydrogens (tertiary/aromatic N) is 1. The van der Waals surface area contributed by atoms with E-state index in [-0.39, 0.29) is 5.75 Å². The monoisotopic (exact) mass is 224 g/mol. The van der Waals surface area contributed by atoms with E-state index in [4.69, 9.17) is 0 Å². The fourth-order valence-electron chi connectivity index (χ4n) is 1.87. The van der Waals surface area contributed by atoms with Crippen LogP contribution in [0.3, 0.4) is 0 Å². The first-order valence-electron chi connectivity index (χ1n) is 5.49. The van der Waals surface area contributed by atoms with Gasteiger partial charge in [0.2, 0.25) is 0 Å². The lowest BCUT2D eigenvalue weighted by Crippen LogP contribution is -1.80. The van der Waals surface area contributed by atoms with Gasteiger partial charge in [-0.3, -0.25) is 0 Å². The minimum Gasteiger partial charge on any atom is -0.506 e. The van der Waals surface area contributed by atoms with Gasteiger partial charge in [0, 0.05) is 5.56 Å². The number of nitrogens with one attached hydrogen (secondary N) is 1. The number of phenolic OH excluding ortho intramolecular Hbond substituents is 1. The lowest BCUT2D eigenvalue weighted by Gasteiger charge is -1.96. The molecular weight excluding hydrogens is 212 g/mol. The molecule has 0 aliphatic heterocycles. The number of hydrogen-bond donors (Lipinski definition) is 2. The molecule has 1 aromatic heterocycles. The first kappa shape index (κ1) is 9.90. The molecule has 3 heteroatoms. The molecule has 0 saturated heterocycles. The highest BCUT2D eigenvalue weighted by molar-refractivity contribution is 5.84. The second-order valence-corrected chi connectivity index (χ2v) is 4.12. The average Bonchev–Trinajstić information content (AvgIpc) is 2.75. The van der Waals surface area contributed by atoms with Gasteiger partial charge in [-0.1, -0.05) is 35.9 Å². The van der Waals surface area contributed by atoms with Crippen LogP contribution >= 0.6 is 0 Å². The van der Waals surface area contributed by atoms with Gasteiger partial charge in [-0.05, 0) is 19.1 Å². The molecule has 0 aliphatic carbocycles. The van der Waals surface area contributed by atoms with Gasteiger partial charge in [0.1, 0.15) is 17.1 Å². The Morgan fingerprint density at radius 1 is 1.06 bits per heavy atom. The van der Waals surface area contributed by atoms with E-state index in [2.05, 4.69) is 9.97 Å². The standard InChI is InChI=1S/C14H12N2O/c1-9-5-7-10(8-6-9)14-15-11-3-2-4-12(17)13(11)16-14/h2-8,17H,1H3,(H,15,16). The Hall–Kier alpha value is -2.29. The van der Waals surface area contributed by atoms with Crippen molar-refractivity contribution in [2.24, 2.45) is 0 Å². The lowest BCUT2D eigenvalue weighted by atomic mass is 10.1. The van der Waals surface area contributed by atoms with Crippen LogP contribution in [-0.2, 0) is 0 Å². The number of rotatable bonds is 1. The number of phenols is 1. The number of benzene rings is 2. The maximum absolute atomic E-state index is 9.69. The molecule has 3 nitrogen and oxygen atoms in total. The zero-order valence-electron chi connectivity index (χ0n) is 9.44. The number of H-pyrrole nitrogens is 1. The smallest absolute Gasteiger partial charge is 0.143 e. The van der Waals surface area contributed by atoms with Crippen LogP contribution in [0.15, 0.2) is 42.5 Å². The summed E-state index contributed by atoms with van der Waals surface area (Å²) in [4.78, 5) is 7.61. The van der Waals surface area contributed by atoms with Crippen molar-refractivity contribution >= 4 is 11.0 Å². The van der Waals surface area contributed by atoms with E-state index in [1.165, 1.54) is 5.56 Å². The highest BCUT2D eigenvalue weighted by Gasteiger charge is 2.07. The summed E-state index contributed by atoms with van der Waals surface area (Å²) in [6, 6.07) is 13.5. The average molecular weight is 224 g/mol. The van der Waals surface area contributed by atoms with E-state index in [1.807, 2.05) is 37.3 Å². The number of aromatic hydroxyl groups is 1. The number of fused-ring (bicyclic) bond motifs is 1. The Bertz CT molecular complexity index is 668. The van der Waals surface area contributed by atoms with Crippen molar-refractivity contribution in [3.05, 3.63) is 48.0 Å². The van der Waals surface area contributed by atoms with Crippen LogP contribution in [0.25, 0.3) is 22.4 Å². The number of aromatic nitrogens is 2. The van der Waals surface area contributed by atoms with E-state index in [0.717, 1.165) is 16.9 Å². The molecule has 2 aromatic carbocycles. The highest BCUT2D eigenvalue weighted by atomic mass is 16.3. The summed E-state index contributed by atoms with van der Waals surface area (Å²) in [5.41, 5.74) is 3.70. The van der Waals surface area contributed by atoms with Gasteiger partial charge in [0.05, 0.1) is 5.52 Å². The molecule has 0 atom stereocenters. The minimum absolute atomic E-state index is 0.206. The molecule has 2 N–H and O–H groups in total. The predicted molar refractivity (Wildman–Crippen MR) is 67.9 cm³/mol. The fourth-order valence-corrected chi connectivity index (χ4v) is 1.87. The van der Waals surface area contributed by atoms with Crippen molar-refractivity contribution in [3.63, 3.8) is 0 Å². The molecule has 17 heavy (non-hydrogen) atoms. The van der Waals surface area contributed by atoms with Crippen LogP contribution in [0.5, 0.6) is 5.75 Å². The number of imidazole rings is 1. The fraction of sp³-hybridized carbons (Fsp3) is 0.0714. The van der Waals surface area contributed by atoms with Crippen LogP contribution in [0, 0.1) is 6.92 Å². The van der Waals surface area contributed by atoms with Gasteiger partial charge < -0.3 is 10.1 Å². The lowest BCUT2D eigenvalue weighted by molar-refractivity contribution is 0.480. The number of aromatic amines is 1. The molecule has 0 radical (unpaired) electrons. The van der Waals surface area contributed by atoms with Crippen molar-refractivity contribution in [2.45, 2.75) is 6.92 Å². The normalized spacial score (nSPS) is 10.9. The van der Waals surface area contributed by atoms with Crippen LogP contribution < -0.4 is 0 Å². The maximum Gasteiger partial charge on any atom is 0.143 e. The van der Waals surface area contributed by atoms with Gasteiger partial charge in [-0.2, -0.15) is 0 Å². The Morgan fingerprint density at radius 2 is 1.82 bits per heavy atom. The zero-order valence-corrected chi connectivity index (χ0v) is 9.44. The maximum atomic E-state index is 9.69. The van der Waals surface area contributed by atoms with Gasteiger partial charge >= 0.3 is 0 Å². The van der Waals surface area contributed by atoms with Crippen molar-refractivity contribution in [1.82, 2.24) is 9.97 Å². The number of hydrogen-bond acceptors (Lipinski definition) is 2. The van der Waals surface area contributed by atoms with E-state index >= 15 is 0 Å². The summed E-state index contributed by atoms with van der Waals surface area (Å²) in [6.45, 7) is 2.05. The third-order valence-corrected chi connectivity index (χ3v) is 2.82. The first-order chi connectivity index (χ1) is 8.24. The molecular formula is C14H12N2O. The summed E-state index contributed by atoms with van der Waals surface area (Å²) < 4.78 is 0. The molecule has 0 bridgehead atoms. The summed E-state index contributed by atoms with van der Waals surface area (Å²) in [6.07, 6.45) is 0. The molecule has 0 aliphatic rings. The summed E-state index contributed by atoms with van der Waals surface area (Å²) in [7, 11) is 0. The Kier molecular flexibility index (Phi) is 2.11. The predicted octanol–water partition coefficient (Wildman–Crippen LogP) is 3.24. The van der Waals surface area contributed by atoms with Crippen LogP contribution in [-0.4, -0.2) is 15.1 Å². The second kappa shape index (κ2) is 3.63. The number of para-hydroxylation sites is 1. The minimum atomic E-state index is 0.206. The summed E-state index contributed by atoms with van der Waals surface area (Å²) in [5, 5.41) is 9.69. The van der Waals surface area contributed by atoms with E-state index in [9.17, 15) is 5.11 Å². The van der Waals surface area contributed by atoms with Gasteiger partial charge in [-0.15, -0.1) is 0 Å². The van der Waals surface area contributed by atoms with Crippen LogP contribution in [0.2, 0.25) is 0 Å². The van der Waals surface area contributed by atoms with Crippen molar-refractivity contribution < 1.29 is 5.11 Å². The third-order valence-electron chi connectivity index (χ3n) is 2.82. The Labute approximate surface area is 98.8 Å². The van der Waals surface area contributed by atoms with Crippen LogP contribution in [0.1, 0.15) is 5.56 Å². The van der Waals surface area contributed by atoms with E-state index in [1.54, 1.807) is 12.1 Å². The van der Waals surface area contributed by atoms with Crippen molar-refractivity contribution in [2.75, 3.05) is 0 Å². The van der Waals surface area contributed by atoms with Crippen molar-refractivity contribution in [3.8, 4) is 17.1 Å². The molecule has 3 aromatic rings. The third kappa shape index (κ3) is 1.65. The highest BCUT2D eigenvalue weighted by Crippen LogP contribution is 2.26. The largest absolute Gasteiger partial charge is 0.506 e. The molecule has 0 spiro atoms. The Morgan fingerprint density at radius 3 is 2.53 bits per heavy atom. The molecule has 0 saturated carbocycles. The van der Waals surface area contributed by atoms with Crippen molar-refractivity contribution in [1.29, 1.82) is 0 Å². The molecule has 0 fully saturated rings. The zero-order chi connectivity index (χ0) is 11.8. The first-order valence-corrected chi connectivity index (χ1v) is 5.49. The van der Waals surface area contributed by atoms with Gasteiger partial charge in [0.25, 0.3) is 0 Å². The quantitative estimate of drug-likeness (QED) is 0.666. The molecule has 84 valence electrons. The summed E-state index contributed by atoms with van der Waals surface area (Å²) in [5.74, 6) is 0.985. The van der Waals surface area contributed by atoms with E-state index in [0.29, 0.717) is 5.52 Å². The Balaban J connectivity index is 2.18. The topological polar surface area (TPSA) is 48.9 Å². The van der Waals surface area contributed by atoms with E-state index < -0.39 is 0 Å². The summed E-state index contributed by atoms with van der Waals surface area (Å²) >= 11 is 0. The molecule has 3 rings (SSSR count). The van der Waals surface area contributed by atoms with Gasteiger partial charge in [-0.25, -0.2) is 4.98 Å². The second-order valence-electron chi connectivity index (χ2n) is 4.12. The van der Waals surface area contributed by atoms with Crippen LogP contribution in [0.4, 0.5) is 0 Å². The molecule has 0 amide bonds. The SMILES string of the molecule is Cc1ccc(-c2nc3c(O)cccc3[nH]2)cc1. The van der Waals surface area contributed by atoms with Gasteiger partial charge in [0.15, 0.2) is 0 Å². The number of aryl methyl sites for hydroxylation is 1.